The van der Waals surface area contributed by atoms with Gasteiger partial charge in [0.15, 0.2) is 0 Å². The van der Waals surface area contributed by atoms with Gasteiger partial charge < -0.3 is 14.8 Å². The van der Waals surface area contributed by atoms with E-state index in [-0.39, 0.29) is 5.28 Å². The molecular formula is C13H14ClN3O2. The summed E-state index contributed by atoms with van der Waals surface area (Å²) in [5.74, 6) is 2.18. The Bertz CT molecular complexity index is 563. The van der Waals surface area contributed by atoms with E-state index in [9.17, 15) is 0 Å². The van der Waals surface area contributed by atoms with Crippen LogP contribution in [0.15, 0.2) is 30.5 Å². The second kappa shape index (κ2) is 6.24. The molecule has 0 amide bonds. The lowest BCUT2D eigenvalue weighted by Gasteiger charge is -2.11. The summed E-state index contributed by atoms with van der Waals surface area (Å²) in [6, 6.07) is 7.41. The third kappa shape index (κ3) is 3.48. The van der Waals surface area contributed by atoms with Crippen molar-refractivity contribution in [3.8, 4) is 11.5 Å². The van der Waals surface area contributed by atoms with Crippen molar-refractivity contribution in [2.75, 3.05) is 19.5 Å². The zero-order valence-corrected chi connectivity index (χ0v) is 11.4. The van der Waals surface area contributed by atoms with Gasteiger partial charge in [-0.05, 0) is 29.8 Å². The highest BCUT2D eigenvalue weighted by atomic mass is 35.5. The molecule has 0 fully saturated rings. The van der Waals surface area contributed by atoms with E-state index in [1.54, 1.807) is 26.5 Å². The molecule has 0 atom stereocenters. The van der Waals surface area contributed by atoms with E-state index >= 15 is 0 Å². The van der Waals surface area contributed by atoms with Crippen molar-refractivity contribution >= 4 is 17.4 Å². The lowest BCUT2D eigenvalue weighted by molar-refractivity contribution is 0.391. The molecule has 100 valence electrons. The van der Waals surface area contributed by atoms with Gasteiger partial charge in [0.25, 0.3) is 0 Å². The highest BCUT2D eigenvalue weighted by Gasteiger charge is 2.05. The van der Waals surface area contributed by atoms with Crippen LogP contribution in [0.2, 0.25) is 5.28 Å². The molecule has 19 heavy (non-hydrogen) atoms. The molecule has 2 aromatic rings. The normalized spacial score (nSPS) is 10.1. The Balaban J connectivity index is 2.11. The molecule has 0 aliphatic rings. The predicted molar refractivity (Wildman–Crippen MR) is 73.9 cm³/mol. The predicted octanol–water partition coefficient (Wildman–Crippen LogP) is 2.76. The van der Waals surface area contributed by atoms with Gasteiger partial charge in [0.2, 0.25) is 5.28 Å². The molecule has 6 heteroatoms. The van der Waals surface area contributed by atoms with Gasteiger partial charge in [0.1, 0.15) is 17.3 Å². The fourth-order valence-corrected chi connectivity index (χ4v) is 1.76. The Labute approximate surface area is 116 Å². The quantitative estimate of drug-likeness (QED) is 0.853. The first-order valence-electron chi connectivity index (χ1n) is 5.66. The summed E-state index contributed by atoms with van der Waals surface area (Å²) in [7, 11) is 3.25. The molecule has 0 spiro atoms. The van der Waals surface area contributed by atoms with Crippen LogP contribution in [-0.2, 0) is 6.54 Å². The number of ether oxygens (including phenoxy) is 2. The van der Waals surface area contributed by atoms with Crippen LogP contribution in [0.5, 0.6) is 11.5 Å². The topological polar surface area (TPSA) is 56.3 Å². The molecule has 0 saturated heterocycles. The van der Waals surface area contributed by atoms with Crippen molar-refractivity contribution in [1.29, 1.82) is 0 Å². The van der Waals surface area contributed by atoms with Crippen LogP contribution in [0.4, 0.5) is 5.82 Å². The van der Waals surface area contributed by atoms with E-state index in [1.807, 2.05) is 18.2 Å². The smallest absolute Gasteiger partial charge is 0.224 e. The van der Waals surface area contributed by atoms with E-state index in [0.717, 1.165) is 17.1 Å². The molecule has 2 rings (SSSR count). The minimum Gasteiger partial charge on any atom is -0.497 e. The van der Waals surface area contributed by atoms with Gasteiger partial charge in [-0.1, -0.05) is 0 Å². The van der Waals surface area contributed by atoms with Gasteiger partial charge in [0.05, 0.1) is 14.2 Å². The average Bonchev–Trinajstić information content (AvgIpc) is 2.45. The molecule has 0 radical (unpaired) electrons. The summed E-state index contributed by atoms with van der Waals surface area (Å²) in [6.07, 6.45) is 1.60. The lowest BCUT2D eigenvalue weighted by atomic mass is 10.2. The van der Waals surface area contributed by atoms with E-state index in [4.69, 9.17) is 21.1 Å². The van der Waals surface area contributed by atoms with Crippen molar-refractivity contribution in [3.05, 3.63) is 41.3 Å². The van der Waals surface area contributed by atoms with E-state index in [0.29, 0.717) is 12.4 Å². The van der Waals surface area contributed by atoms with Crippen LogP contribution < -0.4 is 14.8 Å². The second-order valence-corrected chi connectivity index (χ2v) is 4.08. The highest BCUT2D eigenvalue weighted by molar-refractivity contribution is 6.28. The zero-order valence-electron chi connectivity index (χ0n) is 10.7. The lowest BCUT2D eigenvalue weighted by Crippen LogP contribution is -2.03. The molecule has 5 nitrogen and oxygen atoms in total. The van der Waals surface area contributed by atoms with Gasteiger partial charge >= 0.3 is 0 Å². The van der Waals surface area contributed by atoms with Crippen molar-refractivity contribution in [3.63, 3.8) is 0 Å². The van der Waals surface area contributed by atoms with Crippen LogP contribution in [0.25, 0.3) is 0 Å². The van der Waals surface area contributed by atoms with Gasteiger partial charge in [0, 0.05) is 24.4 Å². The number of nitrogens with one attached hydrogen (secondary N) is 1. The molecule has 1 aromatic heterocycles. The van der Waals surface area contributed by atoms with Gasteiger partial charge in [-0.15, -0.1) is 0 Å². The standard InChI is InChI=1S/C13H14ClN3O2/c1-18-10-4-3-9(11(7-10)19-2)8-16-12-5-6-15-13(14)17-12/h3-7H,8H2,1-2H3,(H,15,16,17). The summed E-state index contributed by atoms with van der Waals surface area (Å²) in [4.78, 5) is 7.88. The fourth-order valence-electron chi connectivity index (χ4n) is 1.62. The first-order chi connectivity index (χ1) is 9.22. The molecule has 0 aliphatic carbocycles. The van der Waals surface area contributed by atoms with Crippen LogP contribution >= 0.6 is 11.6 Å². The highest BCUT2D eigenvalue weighted by Crippen LogP contribution is 2.25. The maximum Gasteiger partial charge on any atom is 0.224 e. The number of halogens is 1. The fraction of sp³-hybridized carbons (Fsp3) is 0.231. The summed E-state index contributed by atoms with van der Waals surface area (Å²) < 4.78 is 10.5. The van der Waals surface area contributed by atoms with Crippen molar-refractivity contribution in [1.82, 2.24) is 9.97 Å². The van der Waals surface area contributed by atoms with Crippen molar-refractivity contribution < 1.29 is 9.47 Å². The number of rotatable bonds is 5. The zero-order chi connectivity index (χ0) is 13.7. The Morgan fingerprint density at radius 3 is 2.74 bits per heavy atom. The number of anilines is 1. The largest absolute Gasteiger partial charge is 0.497 e. The number of hydrogen-bond acceptors (Lipinski definition) is 5. The monoisotopic (exact) mass is 279 g/mol. The number of hydrogen-bond donors (Lipinski definition) is 1. The molecule has 1 aromatic carbocycles. The Hall–Kier alpha value is -2.01. The summed E-state index contributed by atoms with van der Waals surface area (Å²) in [6.45, 7) is 0.570. The first kappa shape index (κ1) is 13.4. The van der Waals surface area contributed by atoms with Gasteiger partial charge in [-0.3, -0.25) is 0 Å². The molecule has 0 unspecified atom stereocenters. The maximum atomic E-state index is 5.72. The first-order valence-corrected chi connectivity index (χ1v) is 6.04. The molecular weight excluding hydrogens is 266 g/mol. The third-order valence-corrected chi connectivity index (χ3v) is 2.76. The summed E-state index contributed by atoms with van der Waals surface area (Å²) in [5.41, 5.74) is 0.998. The van der Waals surface area contributed by atoms with Gasteiger partial charge in [-0.2, -0.15) is 0 Å². The Kier molecular flexibility index (Phi) is 4.41. The van der Waals surface area contributed by atoms with Crippen molar-refractivity contribution in [2.45, 2.75) is 6.54 Å². The number of aromatic nitrogens is 2. The van der Waals surface area contributed by atoms with E-state index < -0.39 is 0 Å². The summed E-state index contributed by atoms with van der Waals surface area (Å²) >= 11 is 5.72. The van der Waals surface area contributed by atoms with Crippen molar-refractivity contribution in [2.24, 2.45) is 0 Å². The SMILES string of the molecule is COc1ccc(CNc2ccnc(Cl)n2)c(OC)c1. The Morgan fingerprint density at radius 2 is 2.05 bits per heavy atom. The molecule has 0 saturated carbocycles. The van der Waals surface area contributed by atoms with Crippen LogP contribution in [0.1, 0.15) is 5.56 Å². The minimum atomic E-state index is 0.215. The molecule has 0 bridgehead atoms. The van der Waals surface area contributed by atoms with E-state index in [1.165, 1.54) is 0 Å². The number of methoxy groups -OCH3 is 2. The summed E-state index contributed by atoms with van der Waals surface area (Å²) in [5, 5.41) is 3.37. The maximum absolute atomic E-state index is 5.72. The average molecular weight is 280 g/mol. The number of benzene rings is 1. The Morgan fingerprint density at radius 1 is 1.21 bits per heavy atom. The van der Waals surface area contributed by atoms with Crippen LogP contribution in [-0.4, -0.2) is 24.2 Å². The van der Waals surface area contributed by atoms with Crippen LogP contribution in [0.3, 0.4) is 0 Å². The minimum absolute atomic E-state index is 0.215. The molecule has 0 aliphatic heterocycles. The van der Waals surface area contributed by atoms with Gasteiger partial charge in [-0.25, -0.2) is 9.97 Å². The second-order valence-electron chi connectivity index (χ2n) is 3.74. The third-order valence-electron chi connectivity index (χ3n) is 2.58. The molecule has 1 N–H and O–H groups in total. The van der Waals surface area contributed by atoms with Crippen LogP contribution in [0, 0.1) is 0 Å². The van der Waals surface area contributed by atoms with E-state index in [2.05, 4.69) is 15.3 Å². The molecule has 1 heterocycles. The number of nitrogens with zero attached hydrogens (tertiary/aromatic N) is 2.